The van der Waals surface area contributed by atoms with Crippen molar-refractivity contribution in [3.05, 3.63) is 63.9 Å². The third-order valence-corrected chi connectivity index (χ3v) is 6.37. The van der Waals surface area contributed by atoms with E-state index in [0.717, 1.165) is 28.5 Å². The predicted octanol–water partition coefficient (Wildman–Crippen LogP) is 3.24. The van der Waals surface area contributed by atoms with Crippen LogP contribution in [0.4, 0.5) is 0 Å². The van der Waals surface area contributed by atoms with Crippen LogP contribution in [0.15, 0.2) is 53.5 Å². The van der Waals surface area contributed by atoms with E-state index in [1.807, 2.05) is 63.0 Å². The fourth-order valence-electron chi connectivity index (χ4n) is 3.13. The van der Waals surface area contributed by atoms with Crippen molar-refractivity contribution in [1.82, 2.24) is 14.4 Å². The van der Waals surface area contributed by atoms with Crippen LogP contribution >= 0.6 is 22.7 Å². The lowest BCUT2D eigenvalue weighted by Gasteiger charge is -2.34. The van der Waals surface area contributed by atoms with E-state index >= 15 is 0 Å². The van der Waals surface area contributed by atoms with Crippen LogP contribution in [-0.2, 0) is 0 Å². The topological polar surface area (TPSA) is 45.6 Å². The van der Waals surface area contributed by atoms with Gasteiger partial charge < -0.3 is 9.47 Å². The molecule has 0 aliphatic carbocycles. The Morgan fingerprint density at radius 1 is 0.923 bits per heavy atom. The van der Waals surface area contributed by atoms with Gasteiger partial charge in [-0.15, -0.1) is 22.7 Å². The molecule has 0 radical (unpaired) electrons. The lowest BCUT2D eigenvalue weighted by Crippen LogP contribution is -2.49. The monoisotopic (exact) mass is 385 g/mol. The van der Waals surface area contributed by atoms with Gasteiger partial charge in [0.25, 0.3) is 5.91 Å². The number of piperazine rings is 1. The van der Waals surface area contributed by atoms with Crippen molar-refractivity contribution in [2.75, 3.05) is 32.7 Å². The Morgan fingerprint density at radius 3 is 2.38 bits per heavy atom. The molecule has 3 aromatic rings. The number of carbonyl (C=O) groups excluding carboxylic acids is 2. The fraction of sp³-hybridized carbons (Fsp3) is 0.263. The van der Waals surface area contributed by atoms with Gasteiger partial charge in [0.1, 0.15) is 5.00 Å². The summed E-state index contributed by atoms with van der Waals surface area (Å²) in [6, 6.07) is 9.58. The van der Waals surface area contributed by atoms with Crippen LogP contribution in [0.25, 0.3) is 5.00 Å². The minimum absolute atomic E-state index is 0.0687. The Hall–Kier alpha value is -2.22. The van der Waals surface area contributed by atoms with E-state index in [-0.39, 0.29) is 11.7 Å². The summed E-state index contributed by atoms with van der Waals surface area (Å²) in [6.45, 7) is 3.18. The molecular weight excluding hydrogens is 366 g/mol. The Balaban J connectivity index is 1.37. The van der Waals surface area contributed by atoms with Crippen molar-refractivity contribution in [2.24, 2.45) is 0 Å². The molecular formula is C19H19N3O2S2. The van der Waals surface area contributed by atoms with Gasteiger partial charge in [-0.1, -0.05) is 6.07 Å². The number of hydrogen-bond donors (Lipinski definition) is 0. The van der Waals surface area contributed by atoms with Crippen molar-refractivity contribution < 1.29 is 9.59 Å². The molecule has 5 nitrogen and oxygen atoms in total. The second kappa shape index (κ2) is 7.57. The molecule has 1 aliphatic heterocycles. The number of carbonyl (C=O) groups is 2. The molecule has 0 saturated carbocycles. The molecule has 7 heteroatoms. The SMILES string of the molecule is O=C(CN1CCN(C(=O)c2ccsc2-n2cccc2)CC1)c1cccs1. The molecule has 0 aromatic carbocycles. The van der Waals surface area contributed by atoms with Crippen molar-refractivity contribution in [3.63, 3.8) is 0 Å². The van der Waals surface area contributed by atoms with Gasteiger partial charge in [-0.3, -0.25) is 14.5 Å². The van der Waals surface area contributed by atoms with Gasteiger partial charge in [0.05, 0.1) is 17.0 Å². The molecule has 1 fully saturated rings. The van der Waals surface area contributed by atoms with E-state index in [9.17, 15) is 9.59 Å². The zero-order valence-corrected chi connectivity index (χ0v) is 15.8. The molecule has 0 atom stereocenters. The van der Waals surface area contributed by atoms with Crippen LogP contribution < -0.4 is 0 Å². The average Bonchev–Trinajstić information content (AvgIpc) is 3.43. The molecule has 4 heterocycles. The molecule has 1 aliphatic rings. The average molecular weight is 386 g/mol. The first kappa shape index (κ1) is 17.2. The number of nitrogens with zero attached hydrogens (tertiary/aromatic N) is 3. The Morgan fingerprint density at radius 2 is 1.69 bits per heavy atom. The van der Waals surface area contributed by atoms with Gasteiger partial charge in [-0.2, -0.15) is 0 Å². The van der Waals surface area contributed by atoms with Crippen LogP contribution in [0.2, 0.25) is 0 Å². The van der Waals surface area contributed by atoms with Gasteiger partial charge in [0.2, 0.25) is 0 Å². The highest BCUT2D eigenvalue weighted by atomic mass is 32.1. The Kier molecular flexibility index (Phi) is 5.01. The number of amides is 1. The molecule has 3 aromatic heterocycles. The highest BCUT2D eigenvalue weighted by Crippen LogP contribution is 2.24. The second-order valence-electron chi connectivity index (χ2n) is 6.20. The quantitative estimate of drug-likeness (QED) is 0.634. The molecule has 1 amide bonds. The maximum Gasteiger partial charge on any atom is 0.256 e. The van der Waals surface area contributed by atoms with Gasteiger partial charge in [-0.25, -0.2) is 0 Å². The van der Waals surface area contributed by atoms with Gasteiger partial charge >= 0.3 is 0 Å². The summed E-state index contributed by atoms with van der Waals surface area (Å²) in [7, 11) is 0. The summed E-state index contributed by atoms with van der Waals surface area (Å²) in [5, 5.41) is 4.83. The molecule has 0 unspecified atom stereocenters. The van der Waals surface area contributed by atoms with Crippen LogP contribution in [0.1, 0.15) is 20.0 Å². The molecule has 0 spiro atoms. The van der Waals surface area contributed by atoms with E-state index < -0.39 is 0 Å². The molecule has 0 N–H and O–H groups in total. The van der Waals surface area contributed by atoms with Crippen molar-refractivity contribution in [2.45, 2.75) is 0 Å². The summed E-state index contributed by atoms with van der Waals surface area (Å²) < 4.78 is 1.98. The van der Waals surface area contributed by atoms with Crippen molar-refractivity contribution in [3.8, 4) is 5.00 Å². The zero-order valence-electron chi connectivity index (χ0n) is 14.2. The molecule has 134 valence electrons. The van der Waals surface area contributed by atoms with Crippen molar-refractivity contribution in [1.29, 1.82) is 0 Å². The van der Waals surface area contributed by atoms with E-state index in [4.69, 9.17) is 0 Å². The summed E-state index contributed by atoms with van der Waals surface area (Å²) in [6.07, 6.45) is 3.91. The maximum absolute atomic E-state index is 12.9. The second-order valence-corrected chi connectivity index (χ2v) is 8.04. The number of rotatable bonds is 5. The fourth-order valence-corrected chi connectivity index (χ4v) is 4.65. The Bertz CT molecular complexity index is 876. The number of Topliss-reactive ketones (excluding diaryl/α,β-unsaturated/α-hetero) is 1. The first-order chi connectivity index (χ1) is 12.7. The van der Waals surface area contributed by atoms with E-state index in [1.165, 1.54) is 11.3 Å². The van der Waals surface area contributed by atoms with Gasteiger partial charge in [-0.05, 0) is 35.0 Å². The van der Waals surface area contributed by atoms with Gasteiger partial charge in [0, 0.05) is 38.6 Å². The van der Waals surface area contributed by atoms with Crippen LogP contribution in [0.5, 0.6) is 0 Å². The minimum Gasteiger partial charge on any atom is -0.336 e. The first-order valence-corrected chi connectivity index (χ1v) is 10.3. The van der Waals surface area contributed by atoms with Crippen LogP contribution in [0.3, 0.4) is 0 Å². The maximum atomic E-state index is 12.9. The predicted molar refractivity (Wildman–Crippen MR) is 105 cm³/mol. The first-order valence-electron chi connectivity index (χ1n) is 8.51. The lowest BCUT2D eigenvalue weighted by atomic mass is 10.2. The molecule has 1 saturated heterocycles. The third kappa shape index (κ3) is 3.51. The number of ketones is 1. The standard InChI is InChI=1S/C19H19N3O2S2/c23-16(17-4-3-12-25-17)14-20-8-10-21(11-9-20)18(24)15-5-13-26-19(15)22-6-1-2-7-22/h1-7,12-13H,8-11,14H2. The smallest absolute Gasteiger partial charge is 0.256 e. The number of hydrogen-bond acceptors (Lipinski definition) is 5. The number of thiophene rings is 2. The molecule has 0 bridgehead atoms. The summed E-state index contributed by atoms with van der Waals surface area (Å²) in [4.78, 5) is 30.0. The van der Waals surface area contributed by atoms with Crippen LogP contribution in [-0.4, -0.2) is 58.8 Å². The van der Waals surface area contributed by atoms with E-state index in [2.05, 4.69) is 4.90 Å². The Labute approximate surface area is 160 Å². The van der Waals surface area contributed by atoms with Crippen LogP contribution in [0, 0.1) is 0 Å². The third-order valence-electron chi connectivity index (χ3n) is 4.54. The van der Waals surface area contributed by atoms with Gasteiger partial charge in [0.15, 0.2) is 5.78 Å². The summed E-state index contributed by atoms with van der Waals surface area (Å²) in [5.41, 5.74) is 0.745. The molecule has 4 rings (SSSR count). The minimum atomic E-state index is 0.0687. The van der Waals surface area contributed by atoms with E-state index in [1.54, 1.807) is 11.3 Å². The lowest BCUT2D eigenvalue weighted by molar-refractivity contribution is 0.0625. The zero-order chi connectivity index (χ0) is 17.9. The molecule has 26 heavy (non-hydrogen) atoms. The van der Waals surface area contributed by atoms with E-state index in [0.29, 0.717) is 19.6 Å². The van der Waals surface area contributed by atoms with Crippen molar-refractivity contribution >= 4 is 34.4 Å². The highest BCUT2D eigenvalue weighted by Gasteiger charge is 2.26. The summed E-state index contributed by atoms with van der Waals surface area (Å²) >= 11 is 3.05. The summed E-state index contributed by atoms with van der Waals surface area (Å²) in [5.74, 6) is 0.228. The highest BCUT2D eigenvalue weighted by molar-refractivity contribution is 7.13. The number of aromatic nitrogens is 1. The normalized spacial score (nSPS) is 15.3. The largest absolute Gasteiger partial charge is 0.336 e.